The smallest absolute Gasteiger partial charge is 0.317 e. The maximum absolute atomic E-state index is 12.2. The van der Waals surface area contributed by atoms with Crippen LogP contribution in [0.2, 0.25) is 0 Å². The number of carbonyl (C=O) groups is 2. The van der Waals surface area contributed by atoms with Crippen molar-refractivity contribution in [2.24, 2.45) is 0 Å². The Morgan fingerprint density at radius 3 is 2.58 bits per heavy atom. The summed E-state index contributed by atoms with van der Waals surface area (Å²) in [6.07, 6.45) is 1.63. The number of nitrogens with zero attached hydrogens (tertiary/aromatic N) is 3. The molecule has 0 radical (unpaired) electrons. The van der Waals surface area contributed by atoms with Gasteiger partial charge in [0.15, 0.2) is 0 Å². The van der Waals surface area contributed by atoms with E-state index >= 15 is 0 Å². The van der Waals surface area contributed by atoms with Crippen molar-refractivity contribution in [3.05, 3.63) is 29.6 Å². The fourth-order valence-corrected chi connectivity index (χ4v) is 2.16. The Kier molecular flexibility index (Phi) is 4.11. The normalized spacial score (nSPS) is 16.4. The number of amides is 1. The van der Waals surface area contributed by atoms with Gasteiger partial charge in [-0.3, -0.25) is 19.5 Å². The maximum Gasteiger partial charge on any atom is 0.317 e. The van der Waals surface area contributed by atoms with Crippen LogP contribution in [0, 0.1) is 6.92 Å². The van der Waals surface area contributed by atoms with Crippen LogP contribution in [0.4, 0.5) is 0 Å². The van der Waals surface area contributed by atoms with Crippen molar-refractivity contribution in [2.45, 2.75) is 6.92 Å². The summed E-state index contributed by atoms with van der Waals surface area (Å²) in [6, 6.07) is 3.48. The second-order valence-electron chi connectivity index (χ2n) is 4.65. The molecule has 1 aliphatic rings. The Morgan fingerprint density at radius 2 is 2.00 bits per heavy atom. The molecule has 0 spiro atoms. The molecule has 0 saturated carbocycles. The van der Waals surface area contributed by atoms with Gasteiger partial charge in [-0.05, 0) is 19.1 Å². The van der Waals surface area contributed by atoms with Gasteiger partial charge in [-0.25, -0.2) is 0 Å². The molecule has 102 valence electrons. The molecule has 0 atom stereocenters. The topological polar surface area (TPSA) is 73.7 Å². The van der Waals surface area contributed by atoms with E-state index in [0.29, 0.717) is 31.7 Å². The summed E-state index contributed by atoms with van der Waals surface area (Å²) in [4.78, 5) is 30.5. The van der Waals surface area contributed by atoms with E-state index in [1.807, 2.05) is 11.8 Å². The molecule has 1 aliphatic heterocycles. The van der Waals surface area contributed by atoms with Gasteiger partial charge >= 0.3 is 5.97 Å². The highest BCUT2D eigenvalue weighted by Gasteiger charge is 2.23. The van der Waals surface area contributed by atoms with Crippen LogP contribution in [-0.2, 0) is 4.79 Å². The van der Waals surface area contributed by atoms with Crippen molar-refractivity contribution in [3.63, 3.8) is 0 Å². The summed E-state index contributed by atoms with van der Waals surface area (Å²) < 4.78 is 0. The maximum atomic E-state index is 12.2. The fourth-order valence-electron chi connectivity index (χ4n) is 2.16. The van der Waals surface area contributed by atoms with E-state index < -0.39 is 5.97 Å². The predicted molar refractivity (Wildman–Crippen MR) is 69.0 cm³/mol. The molecule has 1 saturated heterocycles. The molecule has 1 aromatic rings. The Balaban J connectivity index is 1.94. The first-order valence-electron chi connectivity index (χ1n) is 6.22. The number of carboxylic acids is 1. The van der Waals surface area contributed by atoms with Gasteiger partial charge in [0, 0.05) is 43.6 Å². The minimum atomic E-state index is -0.829. The van der Waals surface area contributed by atoms with Crippen LogP contribution in [0.25, 0.3) is 0 Å². The molecular formula is C13H17N3O3. The van der Waals surface area contributed by atoms with Gasteiger partial charge < -0.3 is 10.0 Å². The quantitative estimate of drug-likeness (QED) is 0.845. The van der Waals surface area contributed by atoms with Crippen molar-refractivity contribution >= 4 is 11.9 Å². The summed E-state index contributed by atoms with van der Waals surface area (Å²) in [5.74, 6) is -0.843. The third kappa shape index (κ3) is 3.51. The average molecular weight is 263 g/mol. The molecule has 2 rings (SSSR count). The lowest BCUT2D eigenvalue weighted by Gasteiger charge is -2.33. The lowest BCUT2D eigenvalue weighted by atomic mass is 10.2. The number of carboxylic acid groups (broad SMARTS) is 1. The summed E-state index contributed by atoms with van der Waals surface area (Å²) in [6.45, 7) is 4.21. The molecule has 2 heterocycles. The molecule has 19 heavy (non-hydrogen) atoms. The van der Waals surface area contributed by atoms with E-state index in [-0.39, 0.29) is 12.5 Å². The number of rotatable bonds is 3. The molecule has 6 heteroatoms. The van der Waals surface area contributed by atoms with Crippen molar-refractivity contribution < 1.29 is 14.7 Å². The van der Waals surface area contributed by atoms with Gasteiger partial charge in [0.25, 0.3) is 5.91 Å². The van der Waals surface area contributed by atoms with Crippen molar-refractivity contribution in [2.75, 3.05) is 32.7 Å². The average Bonchev–Trinajstić information content (AvgIpc) is 2.38. The highest BCUT2D eigenvalue weighted by Crippen LogP contribution is 2.09. The summed E-state index contributed by atoms with van der Waals surface area (Å²) in [5.41, 5.74) is 1.45. The number of hydrogen-bond acceptors (Lipinski definition) is 4. The van der Waals surface area contributed by atoms with E-state index in [1.165, 1.54) is 0 Å². The third-order valence-electron chi connectivity index (χ3n) is 3.16. The highest BCUT2D eigenvalue weighted by atomic mass is 16.4. The molecular weight excluding hydrogens is 246 g/mol. The first-order valence-corrected chi connectivity index (χ1v) is 6.22. The molecule has 0 aromatic carbocycles. The van der Waals surface area contributed by atoms with Gasteiger partial charge in [0.1, 0.15) is 0 Å². The SMILES string of the molecule is Cc1cc(C(=O)N2CCN(CC(=O)O)CC2)ccn1. The predicted octanol–water partition coefficient (Wildman–Crippen LogP) is 0.232. The Hall–Kier alpha value is -1.95. The second kappa shape index (κ2) is 5.79. The lowest BCUT2D eigenvalue weighted by molar-refractivity contribution is -0.138. The Bertz CT molecular complexity index is 482. The molecule has 0 bridgehead atoms. The van der Waals surface area contributed by atoms with Gasteiger partial charge in [-0.1, -0.05) is 0 Å². The first-order chi connectivity index (χ1) is 9.06. The highest BCUT2D eigenvalue weighted by molar-refractivity contribution is 5.94. The van der Waals surface area contributed by atoms with Gasteiger partial charge in [0.2, 0.25) is 0 Å². The van der Waals surface area contributed by atoms with E-state index in [9.17, 15) is 9.59 Å². The molecule has 0 aliphatic carbocycles. The third-order valence-corrected chi connectivity index (χ3v) is 3.16. The van der Waals surface area contributed by atoms with E-state index in [2.05, 4.69) is 4.98 Å². The van der Waals surface area contributed by atoms with Crippen LogP contribution in [0.5, 0.6) is 0 Å². The van der Waals surface area contributed by atoms with Crippen molar-refractivity contribution in [3.8, 4) is 0 Å². The standard InChI is InChI=1S/C13H17N3O3/c1-10-8-11(2-3-14-10)13(19)16-6-4-15(5-7-16)9-12(17)18/h2-3,8H,4-7,9H2,1H3,(H,17,18). The van der Waals surface area contributed by atoms with Crippen LogP contribution in [0.1, 0.15) is 16.1 Å². The number of pyridine rings is 1. The Labute approximate surface area is 111 Å². The van der Waals surface area contributed by atoms with Gasteiger partial charge in [-0.15, -0.1) is 0 Å². The number of carbonyl (C=O) groups excluding carboxylic acids is 1. The molecule has 6 nitrogen and oxygen atoms in total. The van der Waals surface area contributed by atoms with E-state index in [4.69, 9.17) is 5.11 Å². The molecule has 0 unspecified atom stereocenters. The molecule has 1 fully saturated rings. The number of aliphatic carboxylic acids is 1. The van der Waals surface area contributed by atoms with E-state index in [1.54, 1.807) is 23.2 Å². The number of aromatic nitrogens is 1. The zero-order valence-electron chi connectivity index (χ0n) is 10.9. The molecule has 1 aromatic heterocycles. The fraction of sp³-hybridized carbons (Fsp3) is 0.462. The Morgan fingerprint density at radius 1 is 1.32 bits per heavy atom. The zero-order valence-corrected chi connectivity index (χ0v) is 10.9. The zero-order chi connectivity index (χ0) is 13.8. The van der Waals surface area contributed by atoms with Gasteiger partial charge in [0.05, 0.1) is 6.54 Å². The summed E-state index contributed by atoms with van der Waals surface area (Å²) >= 11 is 0. The largest absolute Gasteiger partial charge is 0.480 e. The lowest BCUT2D eigenvalue weighted by Crippen LogP contribution is -2.49. The van der Waals surface area contributed by atoms with Gasteiger partial charge in [-0.2, -0.15) is 0 Å². The summed E-state index contributed by atoms with van der Waals surface area (Å²) in [7, 11) is 0. The van der Waals surface area contributed by atoms with Crippen LogP contribution in [0.3, 0.4) is 0 Å². The minimum absolute atomic E-state index is 0.0134. The minimum Gasteiger partial charge on any atom is -0.480 e. The van der Waals surface area contributed by atoms with Crippen LogP contribution in [0.15, 0.2) is 18.3 Å². The number of piperazine rings is 1. The van der Waals surface area contributed by atoms with Crippen LogP contribution < -0.4 is 0 Å². The molecule has 1 N–H and O–H groups in total. The second-order valence-corrected chi connectivity index (χ2v) is 4.65. The van der Waals surface area contributed by atoms with E-state index in [0.717, 1.165) is 5.69 Å². The monoisotopic (exact) mass is 263 g/mol. The number of aryl methyl sites for hydroxylation is 1. The number of hydrogen-bond donors (Lipinski definition) is 1. The first kappa shape index (κ1) is 13.5. The summed E-state index contributed by atoms with van der Waals surface area (Å²) in [5, 5.41) is 8.72. The van der Waals surface area contributed by atoms with Crippen molar-refractivity contribution in [1.29, 1.82) is 0 Å². The van der Waals surface area contributed by atoms with Crippen LogP contribution >= 0.6 is 0 Å². The van der Waals surface area contributed by atoms with Crippen molar-refractivity contribution in [1.82, 2.24) is 14.8 Å². The van der Waals surface area contributed by atoms with Crippen LogP contribution in [-0.4, -0.2) is 64.5 Å². The molecule has 1 amide bonds.